The molecule has 1 aliphatic rings. The molecule has 2 N–H and O–H groups in total. The van der Waals surface area contributed by atoms with Crippen LogP contribution in [0.4, 0.5) is 5.69 Å². The molecule has 1 atom stereocenters. The number of amides is 1. The van der Waals surface area contributed by atoms with Gasteiger partial charge in [-0.05, 0) is 30.7 Å². The van der Waals surface area contributed by atoms with E-state index >= 15 is 0 Å². The molecule has 1 amide bonds. The number of benzene rings is 2. The summed E-state index contributed by atoms with van der Waals surface area (Å²) in [7, 11) is -3.75. The molecule has 2 aromatic carbocycles. The molecule has 6 nitrogen and oxygen atoms in total. The first-order valence-electron chi connectivity index (χ1n) is 7.08. The minimum absolute atomic E-state index is 0.166. The number of hydrogen-bond acceptors (Lipinski definition) is 4. The van der Waals surface area contributed by atoms with E-state index in [4.69, 9.17) is 5.21 Å². The zero-order valence-corrected chi connectivity index (χ0v) is 13.2. The van der Waals surface area contributed by atoms with Crippen molar-refractivity contribution in [2.24, 2.45) is 0 Å². The summed E-state index contributed by atoms with van der Waals surface area (Å²) < 4.78 is 27.1. The summed E-state index contributed by atoms with van der Waals surface area (Å²) in [5, 5.41) is 8.82. The molecular formula is C16H16N2O4S. The van der Waals surface area contributed by atoms with Gasteiger partial charge in [-0.25, -0.2) is 13.9 Å². The fourth-order valence-electron chi connectivity index (χ4n) is 2.87. The lowest BCUT2D eigenvalue weighted by atomic mass is 10.0. The average molecular weight is 332 g/mol. The van der Waals surface area contributed by atoms with Gasteiger partial charge in [-0.2, -0.15) is 0 Å². The first kappa shape index (κ1) is 15.5. The van der Waals surface area contributed by atoms with Crippen LogP contribution in [-0.4, -0.2) is 19.5 Å². The number of carbonyl (C=O) groups excluding carboxylic acids is 1. The molecule has 0 saturated carbocycles. The van der Waals surface area contributed by atoms with Crippen molar-refractivity contribution in [2.75, 3.05) is 4.31 Å². The van der Waals surface area contributed by atoms with Crippen LogP contribution in [0.1, 0.15) is 23.6 Å². The molecule has 0 fully saturated rings. The Morgan fingerprint density at radius 2 is 1.91 bits per heavy atom. The highest BCUT2D eigenvalue weighted by molar-refractivity contribution is 7.93. The van der Waals surface area contributed by atoms with Crippen molar-refractivity contribution in [2.45, 2.75) is 24.3 Å². The smallest absolute Gasteiger partial charge is 0.265 e. The highest BCUT2D eigenvalue weighted by Crippen LogP contribution is 2.44. The Balaban J connectivity index is 2.19. The fraction of sp³-hybridized carbons (Fsp3) is 0.188. The molecule has 0 bridgehead atoms. The third-order valence-corrected chi connectivity index (χ3v) is 5.77. The van der Waals surface area contributed by atoms with Crippen LogP contribution in [0.2, 0.25) is 0 Å². The van der Waals surface area contributed by atoms with E-state index in [0.717, 1.165) is 5.56 Å². The summed E-state index contributed by atoms with van der Waals surface area (Å²) in [5.74, 6) is -0.638. The van der Waals surface area contributed by atoms with Crippen molar-refractivity contribution in [1.82, 2.24) is 5.48 Å². The average Bonchev–Trinajstić information content (AvgIpc) is 2.75. The number of rotatable bonds is 3. The highest BCUT2D eigenvalue weighted by atomic mass is 32.2. The zero-order chi connectivity index (χ0) is 16.6. The van der Waals surface area contributed by atoms with Crippen LogP contribution in [0.25, 0.3) is 0 Å². The second-order valence-corrected chi connectivity index (χ2v) is 7.22. The number of carbonyl (C=O) groups is 1. The monoisotopic (exact) mass is 332 g/mol. The predicted octanol–water partition coefficient (Wildman–Crippen LogP) is 2.14. The van der Waals surface area contributed by atoms with Crippen LogP contribution in [0.5, 0.6) is 0 Å². The maximum Gasteiger partial charge on any atom is 0.265 e. The van der Waals surface area contributed by atoms with Crippen molar-refractivity contribution < 1.29 is 18.4 Å². The lowest BCUT2D eigenvalue weighted by Crippen LogP contribution is -2.32. The summed E-state index contributed by atoms with van der Waals surface area (Å²) in [4.78, 5) is 11.9. The first-order chi connectivity index (χ1) is 10.9. The maximum atomic E-state index is 12.9. The number of aryl methyl sites for hydroxylation is 1. The Hall–Kier alpha value is -2.38. The Bertz CT molecular complexity index is 850. The molecule has 120 valence electrons. The number of sulfonamides is 1. The SMILES string of the molecule is Cc1ccc2c(c1)C(CC(=O)NO)N(c1ccccc1)S2(=O)=O. The molecule has 0 saturated heterocycles. The van der Waals surface area contributed by atoms with Gasteiger partial charge in [-0.1, -0.05) is 35.9 Å². The normalized spacial score (nSPS) is 18.5. The third kappa shape index (κ3) is 2.58. The van der Waals surface area contributed by atoms with Gasteiger partial charge in [0.1, 0.15) is 0 Å². The maximum absolute atomic E-state index is 12.9. The number of anilines is 1. The molecule has 0 aliphatic carbocycles. The summed E-state index contributed by atoms with van der Waals surface area (Å²) in [6.45, 7) is 1.86. The van der Waals surface area contributed by atoms with E-state index in [1.54, 1.807) is 54.0 Å². The minimum atomic E-state index is -3.75. The van der Waals surface area contributed by atoms with Gasteiger partial charge in [0.05, 0.1) is 23.0 Å². The van der Waals surface area contributed by atoms with Gasteiger partial charge in [-0.15, -0.1) is 0 Å². The Morgan fingerprint density at radius 3 is 2.57 bits per heavy atom. The number of hydroxylamine groups is 1. The van der Waals surface area contributed by atoms with E-state index in [0.29, 0.717) is 11.3 Å². The summed E-state index contributed by atoms with van der Waals surface area (Å²) in [6.07, 6.45) is -0.166. The van der Waals surface area contributed by atoms with Crippen LogP contribution in [0.15, 0.2) is 53.4 Å². The number of nitrogens with zero attached hydrogens (tertiary/aromatic N) is 1. The number of nitrogens with one attached hydrogen (secondary N) is 1. The predicted molar refractivity (Wildman–Crippen MR) is 84.6 cm³/mol. The van der Waals surface area contributed by atoms with Gasteiger partial charge in [0, 0.05) is 0 Å². The lowest BCUT2D eigenvalue weighted by Gasteiger charge is -2.25. The van der Waals surface area contributed by atoms with Crippen LogP contribution in [-0.2, 0) is 14.8 Å². The van der Waals surface area contributed by atoms with E-state index in [-0.39, 0.29) is 11.3 Å². The largest absolute Gasteiger partial charge is 0.289 e. The Morgan fingerprint density at radius 1 is 1.22 bits per heavy atom. The molecule has 1 aliphatic heterocycles. The first-order valence-corrected chi connectivity index (χ1v) is 8.52. The molecule has 7 heteroatoms. The Kier molecular flexibility index (Phi) is 3.83. The summed E-state index contributed by atoms with van der Waals surface area (Å²) in [6, 6.07) is 13.0. The van der Waals surface area contributed by atoms with E-state index < -0.39 is 22.0 Å². The molecule has 0 radical (unpaired) electrons. The van der Waals surface area contributed by atoms with Crippen LogP contribution in [0, 0.1) is 6.92 Å². The van der Waals surface area contributed by atoms with Crippen molar-refractivity contribution in [3.05, 3.63) is 59.7 Å². The van der Waals surface area contributed by atoms with Crippen LogP contribution >= 0.6 is 0 Å². The van der Waals surface area contributed by atoms with Crippen LogP contribution < -0.4 is 9.79 Å². The van der Waals surface area contributed by atoms with Gasteiger partial charge in [0.25, 0.3) is 10.0 Å². The topological polar surface area (TPSA) is 86.7 Å². The molecule has 3 rings (SSSR count). The fourth-order valence-corrected chi connectivity index (χ4v) is 4.74. The van der Waals surface area contributed by atoms with Gasteiger partial charge < -0.3 is 0 Å². The van der Waals surface area contributed by atoms with E-state index in [9.17, 15) is 13.2 Å². The minimum Gasteiger partial charge on any atom is -0.289 e. The molecule has 1 unspecified atom stereocenters. The molecule has 2 aromatic rings. The van der Waals surface area contributed by atoms with E-state index in [1.807, 2.05) is 6.92 Å². The number of fused-ring (bicyclic) bond motifs is 1. The van der Waals surface area contributed by atoms with Crippen molar-refractivity contribution >= 4 is 21.6 Å². The molecule has 1 heterocycles. The van der Waals surface area contributed by atoms with Crippen LogP contribution in [0.3, 0.4) is 0 Å². The number of para-hydroxylation sites is 1. The third-order valence-electron chi connectivity index (χ3n) is 3.86. The van der Waals surface area contributed by atoms with Gasteiger partial charge in [0.15, 0.2) is 0 Å². The molecule has 23 heavy (non-hydrogen) atoms. The zero-order valence-electron chi connectivity index (χ0n) is 12.4. The molecular weight excluding hydrogens is 316 g/mol. The second-order valence-electron chi connectivity index (χ2n) is 5.43. The van der Waals surface area contributed by atoms with Crippen molar-refractivity contribution in [1.29, 1.82) is 0 Å². The molecule has 0 aromatic heterocycles. The van der Waals surface area contributed by atoms with Gasteiger partial charge >= 0.3 is 0 Å². The highest BCUT2D eigenvalue weighted by Gasteiger charge is 2.43. The van der Waals surface area contributed by atoms with Crippen molar-refractivity contribution in [3.8, 4) is 0 Å². The Labute approximate surface area is 134 Å². The number of hydrogen-bond donors (Lipinski definition) is 2. The van der Waals surface area contributed by atoms with Gasteiger partial charge in [0.2, 0.25) is 5.91 Å². The van der Waals surface area contributed by atoms with Crippen molar-refractivity contribution in [3.63, 3.8) is 0 Å². The van der Waals surface area contributed by atoms with E-state index in [2.05, 4.69) is 0 Å². The lowest BCUT2D eigenvalue weighted by molar-refractivity contribution is -0.129. The summed E-state index contributed by atoms with van der Waals surface area (Å²) >= 11 is 0. The standard InChI is InChI=1S/C16H16N2O4S/c1-11-7-8-15-13(9-11)14(10-16(19)17-20)18(23(15,21)22)12-5-3-2-4-6-12/h2-9,14,20H,10H2,1H3,(H,17,19). The quantitative estimate of drug-likeness (QED) is 0.666. The second kappa shape index (κ2) is 5.68. The van der Waals surface area contributed by atoms with Gasteiger partial charge in [-0.3, -0.25) is 14.3 Å². The summed E-state index contributed by atoms with van der Waals surface area (Å²) in [5.41, 5.74) is 3.53. The molecule has 0 spiro atoms. The van der Waals surface area contributed by atoms with E-state index in [1.165, 1.54) is 4.31 Å².